The molecule has 4 nitrogen and oxygen atoms in total. The zero-order valence-electron chi connectivity index (χ0n) is 10.0. The smallest absolute Gasteiger partial charge is 0.340 e. The van der Waals surface area contributed by atoms with Crippen LogP contribution in [0.1, 0.15) is 30.1 Å². The van der Waals surface area contributed by atoms with Gasteiger partial charge in [-0.15, -0.1) is 0 Å². The minimum atomic E-state index is -0.496. The summed E-state index contributed by atoms with van der Waals surface area (Å²) in [5.41, 5.74) is 0.742. The molecule has 18 heavy (non-hydrogen) atoms. The molecule has 0 saturated carbocycles. The van der Waals surface area contributed by atoms with E-state index in [0.717, 1.165) is 10.9 Å². The monoisotopic (exact) mass is 377 g/mol. The van der Waals surface area contributed by atoms with E-state index in [-0.39, 0.29) is 5.91 Å². The minimum absolute atomic E-state index is 0.134. The van der Waals surface area contributed by atoms with Gasteiger partial charge < -0.3 is 10.1 Å². The van der Waals surface area contributed by atoms with E-state index in [1.807, 2.05) is 6.92 Å². The summed E-state index contributed by atoms with van der Waals surface area (Å²) in [6.07, 6.45) is 1.15. The first-order chi connectivity index (χ1) is 8.49. The van der Waals surface area contributed by atoms with Crippen LogP contribution < -0.4 is 5.32 Å². The molecule has 0 atom stereocenters. The second kappa shape index (κ2) is 6.89. The van der Waals surface area contributed by atoms with Crippen LogP contribution >= 0.6 is 31.9 Å². The number of hydrogen-bond acceptors (Lipinski definition) is 3. The van der Waals surface area contributed by atoms with Crippen LogP contribution in [0.2, 0.25) is 0 Å². The Labute approximate surface area is 122 Å². The first kappa shape index (κ1) is 15.2. The molecule has 0 radical (unpaired) electrons. The highest BCUT2D eigenvalue weighted by molar-refractivity contribution is 9.11. The summed E-state index contributed by atoms with van der Waals surface area (Å²) < 4.78 is 6.05. The van der Waals surface area contributed by atoms with E-state index in [1.165, 1.54) is 7.11 Å². The second-order valence-corrected chi connectivity index (χ2v) is 5.37. The van der Waals surface area contributed by atoms with Crippen LogP contribution in [0.25, 0.3) is 0 Å². The molecule has 0 saturated heterocycles. The highest BCUT2D eigenvalue weighted by atomic mass is 79.9. The second-order valence-electron chi connectivity index (χ2n) is 3.60. The zero-order chi connectivity index (χ0) is 13.7. The van der Waals surface area contributed by atoms with Gasteiger partial charge in [-0.25, -0.2) is 4.79 Å². The summed E-state index contributed by atoms with van der Waals surface area (Å²) >= 11 is 6.61. The maximum Gasteiger partial charge on any atom is 0.340 e. The first-order valence-corrected chi connectivity index (χ1v) is 6.95. The molecular formula is C12H13Br2NO3. The van der Waals surface area contributed by atoms with Crippen molar-refractivity contribution in [3.8, 4) is 0 Å². The van der Waals surface area contributed by atoms with E-state index < -0.39 is 5.97 Å². The first-order valence-electron chi connectivity index (χ1n) is 5.36. The summed E-state index contributed by atoms with van der Waals surface area (Å²) in [5.74, 6) is -0.630. The predicted molar refractivity (Wildman–Crippen MR) is 76.7 cm³/mol. The Bertz CT molecular complexity index is 475. The molecule has 0 spiro atoms. The largest absolute Gasteiger partial charge is 0.465 e. The number of amides is 1. The van der Waals surface area contributed by atoms with E-state index in [0.29, 0.717) is 22.1 Å². The molecule has 1 aromatic rings. The van der Waals surface area contributed by atoms with Crippen LogP contribution in [0.5, 0.6) is 0 Å². The Kier molecular flexibility index (Phi) is 5.81. The Morgan fingerprint density at radius 2 is 2.00 bits per heavy atom. The van der Waals surface area contributed by atoms with E-state index in [1.54, 1.807) is 12.1 Å². The molecule has 0 aliphatic rings. The molecule has 1 N–H and O–H groups in total. The van der Waals surface area contributed by atoms with Gasteiger partial charge in [0.05, 0.1) is 18.4 Å². The van der Waals surface area contributed by atoms with Crippen molar-refractivity contribution in [1.29, 1.82) is 0 Å². The fraction of sp³-hybridized carbons (Fsp3) is 0.333. The van der Waals surface area contributed by atoms with Gasteiger partial charge in [-0.05, 0) is 34.5 Å². The third-order valence-corrected chi connectivity index (χ3v) is 3.29. The maximum atomic E-state index is 11.7. The number of carbonyl (C=O) groups excluding carboxylic acids is 2. The van der Waals surface area contributed by atoms with Gasteiger partial charge in [-0.1, -0.05) is 22.9 Å². The Balaban J connectivity index is 3.15. The van der Waals surface area contributed by atoms with Crippen molar-refractivity contribution in [2.75, 3.05) is 12.4 Å². The number of methoxy groups -OCH3 is 1. The van der Waals surface area contributed by atoms with Gasteiger partial charge in [0.15, 0.2) is 0 Å². The quantitative estimate of drug-likeness (QED) is 0.812. The molecule has 1 rings (SSSR count). The molecule has 0 aliphatic carbocycles. The molecule has 6 heteroatoms. The van der Waals surface area contributed by atoms with Crippen LogP contribution in [0.3, 0.4) is 0 Å². The lowest BCUT2D eigenvalue weighted by atomic mass is 10.1. The lowest BCUT2D eigenvalue weighted by molar-refractivity contribution is -0.116. The topological polar surface area (TPSA) is 55.4 Å². The molecular weight excluding hydrogens is 366 g/mol. The van der Waals surface area contributed by atoms with Gasteiger partial charge in [-0.2, -0.15) is 0 Å². The van der Waals surface area contributed by atoms with Crippen LogP contribution in [-0.2, 0) is 9.53 Å². The lowest BCUT2D eigenvalue weighted by Gasteiger charge is -2.12. The Morgan fingerprint density at radius 1 is 1.33 bits per heavy atom. The summed E-state index contributed by atoms with van der Waals surface area (Å²) in [4.78, 5) is 23.3. The summed E-state index contributed by atoms with van der Waals surface area (Å²) in [5, 5.41) is 2.71. The van der Waals surface area contributed by atoms with E-state index >= 15 is 0 Å². The molecule has 98 valence electrons. The van der Waals surface area contributed by atoms with Crippen molar-refractivity contribution in [2.45, 2.75) is 19.8 Å². The molecule has 1 amide bonds. The summed E-state index contributed by atoms with van der Waals surface area (Å²) in [6, 6.07) is 3.37. The molecule has 0 bridgehead atoms. The average molecular weight is 379 g/mol. The van der Waals surface area contributed by atoms with Crippen molar-refractivity contribution in [3.63, 3.8) is 0 Å². The van der Waals surface area contributed by atoms with Crippen LogP contribution in [0.4, 0.5) is 5.69 Å². The van der Waals surface area contributed by atoms with E-state index in [4.69, 9.17) is 4.74 Å². The van der Waals surface area contributed by atoms with Crippen LogP contribution in [-0.4, -0.2) is 19.0 Å². The van der Waals surface area contributed by atoms with Crippen molar-refractivity contribution < 1.29 is 14.3 Å². The number of rotatable bonds is 4. The third-order valence-electron chi connectivity index (χ3n) is 2.20. The number of nitrogens with one attached hydrogen (secondary N) is 1. The number of hydrogen-bond donors (Lipinski definition) is 1. The van der Waals surface area contributed by atoms with E-state index in [9.17, 15) is 9.59 Å². The molecule has 0 fully saturated rings. The number of carbonyl (C=O) groups is 2. The zero-order valence-corrected chi connectivity index (χ0v) is 13.2. The molecule has 0 aromatic heterocycles. The van der Waals surface area contributed by atoms with Crippen molar-refractivity contribution >= 4 is 49.4 Å². The lowest BCUT2D eigenvalue weighted by Crippen LogP contribution is -2.15. The highest BCUT2D eigenvalue weighted by Crippen LogP contribution is 2.31. The minimum Gasteiger partial charge on any atom is -0.465 e. The van der Waals surface area contributed by atoms with Crippen molar-refractivity contribution in [3.05, 3.63) is 26.6 Å². The van der Waals surface area contributed by atoms with Gasteiger partial charge in [-0.3, -0.25) is 4.79 Å². The number of esters is 1. The van der Waals surface area contributed by atoms with Gasteiger partial charge in [0.25, 0.3) is 0 Å². The molecule has 1 aromatic carbocycles. The predicted octanol–water partition coefficient (Wildman–Crippen LogP) is 3.74. The number of ether oxygens (including phenoxy) is 1. The standard InChI is InChI=1S/C12H13Br2NO3/c1-3-4-10(16)15-11-8(12(17)18-2)5-7(13)6-9(11)14/h5-6H,3-4H2,1-2H3,(H,15,16). The van der Waals surface area contributed by atoms with E-state index in [2.05, 4.69) is 37.2 Å². The van der Waals surface area contributed by atoms with Gasteiger partial charge >= 0.3 is 5.97 Å². The SMILES string of the molecule is CCCC(=O)Nc1c(Br)cc(Br)cc1C(=O)OC. The molecule has 0 aliphatic heterocycles. The fourth-order valence-corrected chi connectivity index (χ4v) is 2.72. The number of halogens is 2. The average Bonchev–Trinajstić information content (AvgIpc) is 2.31. The fourth-order valence-electron chi connectivity index (χ4n) is 1.40. The molecule has 0 unspecified atom stereocenters. The number of benzene rings is 1. The summed E-state index contributed by atoms with van der Waals surface area (Å²) in [7, 11) is 1.30. The molecule has 0 heterocycles. The van der Waals surface area contributed by atoms with Crippen LogP contribution in [0.15, 0.2) is 21.1 Å². The van der Waals surface area contributed by atoms with Crippen LogP contribution in [0, 0.1) is 0 Å². The van der Waals surface area contributed by atoms with Gasteiger partial charge in [0.2, 0.25) is 5.91 Å². The Hall–Kier alpha value is -0.880. The maximum absolute atomic E-state index is 11.7. The summed E-state index contributed by atoms with van der Waals surface area (Å²) in [6.45, 7) is 1.91. The highest BCUT2D eigenvalue weighted by Gasteiger charge is 2.17. The van der Waals surface area contributed by atoms with Crippen molar-refractivity contribution in [2.24, 2.45) is 0 Å². The third kappa shape index (κ3) is 3.81. The Morgan fingerprint density at radius 3 is 2.56 bits per heavy atom. The number of anilines is 1. The van der Waals surface area contributed by atoms with Crippen molar-refractivity contribution in [1.82, 2.24) is 0 Å². The van der Waals surface area contributed by atoms with Gasteiger partial charge in [0, 0.05) is 15.4 Å². The normalized spacial score (nSPS) is 10.0. The van der Waals surface area contributed by atoms with Gasteiger partial charge in [0.1, 0.15) is 0 Å².